The van der Waals surface area contributed by atoms with E-state index in [-0.39, 0.29) is 23.4 Å². The molecule has 0 bridgehead atoms. The molecule has 3 aromatic rings. The Balaban J connectivity index is 1.56. The lowest BCUT2D eigenvalue weighted by Gasteiger charge is -2.25. The van der Waals surface area contributed by atoms with E-state index < -0.39 is 10.0 Å². The molecule has 1 aliphatic rings. The van der Waals surface area contributed by atoms with E-state index in [1.807, 2.05) is 26.0 Å². The molecule has 4 rings (SSSR count). The van der Waals surface area contributed by atoms with Crippen LogP contribution < -0.4 is 14.4 Å². The molecular formula is C28H32N2O4S. The Hall–Kier alpha value is -3.32. The highest BCUT2D eigenvalue weighted by Gasteiger charge is 2.28. The summed E-state index contributed by atoms with van der Waals surface area (Å²) in [7, 11) is -2.46. The SMILES string of the molecule is COc1ccc(S(=O)(=O)N(CC(=O)N[C@H](C)c2ccc3c(c2)CCCC3)c2ccc(C)cc2)cc1. The fourth-order valence-electron chi connectivity index (χ4n) is 4.42. The van der Waals surface area contributed by atoms with Gasteiger partial charge in [0.2, 0.25) is 5.91 Å². The number of hydrogen-bond donors (Lipinski definition) is 1. The van der Waals surface area contributed by atoms with E-state index in [0.29, 0.717) is 11.4 Å². The van der Waals surface area contributed by atoms with Crippen molar-refractivity contribution in [2.24, 2.45) is 0 Å². The zero-order chi connectivity index (χ0) is 25.0. The van der Waals surface area contributed by atoms with E-state index in [4.69, 9.17) is 4.74 Å². The van der Waals surface area contributed by atoms with Crippen LogP contribution in [0.25, 0.3) is 0 Å². The van der Waals surface area contributed by atoms with Gasteiger partial charge in [-0.3, -0.25) is 9.10 Å². The van der Waals surface area contributed by atoms with Gasteiger partial charge in [0.15, 0.2) is 0 Å². The van der Waals surface area contributed by atoms with Crippen LogP contribution in [0.3, 0.4) is 0 Å². The van der Waals surface area contributed by atoms with Crippen molar-refractivity contribution >= 4 is 21.6 Å². The Kier molecular flexibility index (Phi) is 7.45. The van der Waals surface area contributed by atoms with Gasteiger partial charge in [0.05, 0.1) is 23.7 Å². The zero-order valence-corrected chi connectivity index (χ0v) is 21.3. The summed E-state index contributed by atoms with van der Waals surface area (Å²) in [5.41, 5.74) is 5.19. The Morgan fingerprint density at radius 3 is 2.29 bits per heavy atom. The van der Waals surface area contributed by atoms with E-state index in [0.717, 1.165) is 28.3 Å². The highest BCUT2D eigenvalue weighted by molar-refractivity contribution is 7.92. The Morgan fingerprint density at radius 2 is 1.63 bits per heavy atom. The minimum absolute atomic E-state index is 0.0920. The van der Waals surface area contributed by atoms with Crippen molar-refractivity contribution in [1.82, 2.24) is 5.32 Å². The molecule has 0 radical (unpaired) electrons. The highest BCUT2D eigenvalue weighted by atomic mass is 32.2. The first kappa shape index (κ1) is 24.8. The van der Waals surface area contributed by atoms with Gasteiger partial charge in [-0.25, -0.2) is 8.42 Å². The van der Waals surface area contributed by atoms with Crippen molar-refractivity contribution in [2.45, 2.75) is 50.5 Å². The number of amides is 1. The third kappa shape index (κ3) is 5.68. The molecule has 1 amide bonds. The molecule has 0 unspecified atom stereocenters. The summed E-state index contributed by atoms with van der Waals surface area (Å²) in [5, 5.41) is 2.99. The van der Waals surface area contributed by atoms with Crippen LogP contribution in [0.1, 0.15) is 48.1 Å². The quantitative estimate of drug-likeness (QED) is 0.483. The first-order valence-electron chi connectivity index (χ1n) is 11.9. The number of sulfonamides is 1. The maximum atomic E-state index is 13.6. The molecule has 7 heteroatoms. The molecule has 1 atom stereocenters. The molecule has 1 N–H and O–H groups in total. The second-order valence-corrected chi connectivity index (χ2v) is 10.9. The Labute approximate surface area is 208 Å². The van der Waals surface area contributed by atoms with E-state index in [2.05, 4.69) is 23.5 Å². The topological polar surface area (TPSA) is 75.7 Å². The standard InChI is InChI=1S/C28H32N2O4S/c1-20-8-12-25(13-9-20)30(35(32,33)27-16-14-26(34-3)15-17-27)19-28(31)29-21(2)23-11-10-22-6-4-5-7-24(22)18-23/h8-18,21H,4-7,19H2,1-3H3,(H,29,31)/t21-/m1/s1. The maximum absolute atomic E-state index is 13.6. The van der Waals surface area contributed by atoms with Crippen LogP contribution in [0.5, 0.6) is 5.75 Å². The normalized spacial score (nSPS) is 14.0. The molecule has 0 spiro atoms. The highest BCUT2D eigenvalue weighted by Crippen LogP contribution is 2.27. The predicted molar refractivity (Wildman–Crippen MR) is 138 cm³/mol. The predicted octanol–water partition coefficient (Wildman–Crippen LogP) is 4.96. The average Bonchev–Trinajstić information content (AvgIpc) is 2.87. The monoisotopic (exact) mass is 492 g/mol. The fourth-order valence-corrected chi connectivity index (χ4v) is 5.85. The summed E-state index contributed by atoms with van der Waals surface area (Å²) in [4.78, 5) is 13.2. The summed E-state index contributed by atoms with van der Waals surface area (Å²) in [6.45, 7) is 3.53. The molecule has 0 aliphatic heterocycles. The van der Waals surface area contributed by atoms with Gasteiger partial charge in [-0.05, 0) is 92.6 Å². The van der Waals surface area contributed by atoms with Gasteiger partial charge >= 0.3 is 0 Å². The van der Waals surface area contributed by atoms with Gasteiger partial charge in [0.25, 0.3) is 10.0 Å². The summed E-state index contributed by atoms with van der Waals surface area (Å²) >= 11 is 0. The lowest BCUT2D eigenvalue weighted by molar-refractivity contribution is -0.120. The first-order valence-corrected chi connectivity index (χ1v) is 13.4. The molecule has 0 saturated heterocycles. The van der Waals surface area contributed by atoms with Crippen LogP contribution in [-0.2, 0) is 27.7 Å². The van der Waals surface area contributed by atoms with Gasteiger partial charge in [-0.15, -0.1) is 0 Å². The number of rotatable bonds is 8. The van der Waals surface area contributed by atoms with Gasteiger partial charge in [0, 0.05) is 0 Å². The summed E-state index contributed by atoms with van der Waals surface area (Å²) in [5.74, 6) is 0.190. The number of methoxy groups -OCH3 is 1. The third-order valence-electron chi connectivity index (χ3n) is 6.51. The molecule has 1 aliphatic carbocycles. The summed E-state index contributed by atoms with van der Waals surface area (Å²) in [6.07, 6.45) is 4.57. The van der Waals surface area contributed by atoms with Crippen molar-refractivity contribution in [2.75, 3.05) is 18.0 Å². The Bertz CT molecular complexity index is 1290. The Morgan fingerprint density at radius 1 is 0.971 bits per heavy atom. The second kappa shape index (κ2) is 10.5. The number of hydrogen-bond acceptors (Lipinski definition) is 4. The van der Waals surface area contributed by atoms with Crippen LogP contribution in [0, 0.1) is 6.92 Å². The van der Waals surface area contributed by atoms with Gasteiger partial charge in [-0.1, -0.05) is 35.9 Å². The third-order valence-corrected chi connectivity index (χ3v) is 8.29. The average molecular weight is 493 g/mol. The van der Waals surface area contributed by atoms with Crippen LogP contribution in [-0.4, -0.2) is 28.0 Å². The van der Waals surface area contributed by atoms with Crippen LogP contribution in [0.15, 0.2) is 71.6 Å². The molecule has 3 aromatic carbocycles. The lowest BCUT2D eigenvalue weighted by atomic mass is 9.89. The van der Waals surface area contributed by atoms with Crippen LogP contribution >= 0.6 is 0 Å². The van der Waals surface area contributed by atoms with Crippen molar-refractivity contribution in [3.8, 4) is 5.75 Å². The number of benzene rings is 3. The van der Waals surface area contributed by atoms with Gasteiger partial charge in [0.1, 0.15) is 12.3 Å². The van der Waals surface area contributed by atoms with Crippen molar-refractivity contribution in [3.63, 3.8) is 0 Å². The number of nitrogens with one attached hydrogen (secondary N) is 1. The largest absolute Gasteiger partial charge is 0.497 e. The van der Waals surface area contributed by atoms with Gasteiger partial charge < -0.3 is 10.1 Å². The minimum Gasteiger partial charge on any atom is -0.497 e. The van der Waals surface area contributed by atoms with E-state index in [9.17, 15) is 13.2 Å². The lowest BCUT2D eigenvalue weighted by Crippen LogP contribution is -2.41. The molecule has 0 heterocycles. The van der Waals surface area contributed by atoms with E-state index in [1.165, 1.54) is 43.2 Å². The van der Waals surface area contributed by atoms with E-state index in [1.54, 1.807) is 24.3 Å². The minimum atomic E-state index is -3.98. The first-order chi connectivity index (χ1) is 16.8. The number of nitrogens with zero attached hydrogens (tertiary/aromatic N) is 1. The number of anilines is 1. The molecule has 184 valence electrons. The number of carbonyl (C=O) groups is 1. The van der Waals surface area contributed by atoms with E-state index >= 15 is 0 Å². The van der Waals surface area contributed by atoms with Crippen molar-refractivity contribution in [3.05, 3.63) is 89.0 Å². The number of ether oxygens (including phenoxy) is 1. The molecule has 0 saturated carbocycles. The fraction of sp³-hybridized carbons (Fsp3) is 0.321. The molecule has 0 aromatic heterocycles. The maximum Gasteiger partial charge on any atom is 0.264 e. The van der Waals surface area contributed by atoms with Crippen LogP contribution in [0.4, 0.5) is 5.69 Å². The van der Waals surface area contributed by atoms with Crippen molar-refractivity contribution < 1.29 is 17.9 Å². The number of fused-ring (bicyclic) bond motifs is 1. The number of aryl methyl sites for hydroxylation is 3. The summed E-state index contributed by atoms with van der Waals surface area (Å²) < 4.78 is 33.5. The summed E-state index contributed by atoms with van der Waals surface area (Å²) in [6, 6.07) is 19.4. The molecule has 0 fully saturated rings. The number of carbonyl (C=O) groups excluding carboxylic acids is 1. The van der Waals surface area contributed by atoms with Crippen LogP contribution in [0.2, 0.25) is 0 Å². The second-order valence-electron chi connectivity index (χ2n) is 9.05. The zero-order valence-electron chi connectivity index (χ0n) is 20.5. The molecule has 35 heavy (non-hydrogen) atoms. The molecular weight excluding hydrogens is 460 g/mol. The van der Waals surface area contributed by atoms with Gasteiger partial charge in [-0.2, -0.15) is 0 Å². The van der Waals surface area contributed by atoms with Crippen molar-refractivity contribution in [1.29, 1.82) is 0 Å². The smallest absolute Gasteiger partial charge is 0.264 e. The molecule has 6 nitrogen and oxygen atoms in total.